The number of aromatic amines is 1. The third-order valence-corrected chi connectivity index (χ3v) is 4.73. The summed E-state index contributed by atoms with van der Waals surface area (Å²) in [7, 11) is 0. The summed E-state index contributed by atoms with van der Waals surface area (Å²) in [6, 6.07) is 27.3. The monoisotopic (exact) mass is 543 g/mol. The van der Waals surface area contributed by atoms with E-state index in [0.29, 0.717) is 24.5 Å². The Labute approximate surface area is 233 Å². The number of rotatable bonds is 6. The second-order valence-corrected chi connectivity index (χ2v) is 6.95. The van der Waals surface area contributed by atoms with E-state index in [9.17, 15) is 4.79 Å². The molecule has 1 amide bonds. The van der Waals surface area contributed by atoms with E-state index >= 15 is 0 Å². The standard InChI is InChI=1S/C25H23N5O.C2H6.CH3.Y/c31-24(21-9-5-2-6-10-21)30-25(27-16-15-23-17-26-18-28-23)29-22-13-11-20(12-14-22)19-7-3-1-4-8-19;1-2;;/h1-14,17-18H,15-16H2,(H,26,28)(H2,27,29,30,31);1-2H3;1H3;/q;;-1;. The zero-order chi connectivity index (χ0) is 23.3. The van der Waals surface area contributed by atoms with Crippen LogP contribution >= 0.6 is 0 Å². The summed E-state index contributed by atoms with van der Waals surface area (Å²) in [6.07, 6.45) is 4.11. The molecule has 6 nitrogen and oxygen atoms in total. The Kier molecular flexibility index (Phi) is 14.1. The first kappa shape index (κ1) is 29.9. The van der Waals surface area contributed by atoms with E-state index in [0.717, 1.165) is 22.5 Å². The molecule has 3 aromatic carbocycles. The molecule has 35 heavy (non-hydrogen) atoms. The van der Waals surface area contributed by atoms with Crippen LogP contribution in [0.4, 0.5) is 5.69 Å². The summed E-state index contributed by atoms with van der Waals surface area (Å²) in [4.78, 5) is 24.3. The third kappa shape index (κ3) is 9.59. The quantitative estimate of drug-likeness (QED) is 0.159. The minimum Gasteiger partial charge on any atom is -0.358 e. The van der Waals surface area contributed by atoms with Gasteiger partial charge >= 0.3 is 0 Å². The molecule has 0 unspecified atom stereocenters. The number of benzene rings is 3. The molecule has 1 aromatic heterocycles. The largest absolute Gasteiger partial charge is 0.358 e. The first-order valence-electron chi connectivity index (χ1n) is 11.1. The predicted octanol–water partition coefficient (Wildman–Crippen LogP) is 5.99. The number of amides is 1. The van der Waals surface area contributed by atoms with Gasteiger partial charge in [0.2, 0.25) is 5.96 Å². The van der Waals surface area contributed by atoms with Gasteiger partial charge in [0, 0.05) is 68.8 Å². The van der Waals surface area contributed by atoms with Crippen LogP contribution in [-0.2, 0) is 39.1 Å². The van der Waals surface area contributed by atoms with Gasteiger partial charge in [-0.25, -0.2) is 4.98 Å². The Morgan fingerprint density at radius 2 is 1.49 bits per heavy atom. The molecule has 3 N–H and O–H groups in total. The molecular weight excluding hydrogens is 511 g/mol. The Balaban J connectivity index is 0.00000149. The molecule has 1 radical (unpaired) electrons. The van der Waals surface area contributed by atoms with Gasteiger partial charge in [0.25, 0.3) is 5.91 Å². The van der Waals surface area contributed by atoms with Crippen LogP contribution in [0.5, 0.6) is 0 Å². The number of imidazole rings is 1. The third-order valence-electron chi connectivity index (χ3n) is 4.73. The fourth-order valence-electron chi connectivity index (χ4n) is 3.10. The molecule has 0 bridgehead atoms. The number of guanidine groups is 1. The van der Waals surface area contributed by atoms with Crippen molar-refractivity contribution in [3.8, 4) is 11.1 Å². The summed E-state index contributed by atoms with van der Waals surface area (Å²) >= 11 is 0. The summed E-state index contributed by atoms with van der Waals surface area (Å²) in [5.74, 6) is 0.190. The number of carbonyl (C=O) groups is 1. The maximum absolute atomic E-state index is 12.6. The van der Waals surface area contributed by atoms with Crippen LogP contribution in [0, 0.1) is 7.43 Å². The van der Waals surface area contributed by atoms with E-state index in [1.54, 1.807) is 24.7 Å². The molecule has 4 aromatic rings. The van der Waals surface area contributed by atoms with Gasteiger partial charge in [0.1, 0.15) is 0 Å². The number of hydrogen-bond donors (Lipinski definition) is 3. The van der Waals surface area contributed by atoms with Gasteiger partial charge in [-0.2, -0.15) is 0 Å². The molecule has 0 saturated carbocycles. The number of hydrogen-bond acceptors (Lipinski definition) is 3. The zero-order valence-electron chi connectivity index (χ0n) is 20.5. The molecular formula is C28H32N5OY-. The molecule has 4 rings (SSSR count). The van der Waals surface area contributed by atoms with Crippen molar-refractivity contribution in [3.63, 3.8) is 0 Å². The van der Waals surface area contributed by atoms with Crippen molar-refractivity contribution in [2.75, 3.05) is 11.9 Å². The van der Waals surface area contributed by atoms with Gasteiger partial charge in [-0.15, -0.1) is 0 Å². The van der Waals surface area contributed by atoms with Crippen LogP contribution in [-0.4, -0.2) is 28.4 Å². The van der Waals surface area contributed by atoms with Crippen LogP contribution in [0.2, 0.25) is 0 Å². The molecule has 1 heterocycles. The number of carbonyl (C=O) groups excluding carboxylic acids is 1. The number of aromatic nitrogens is 2. The second-order valence-electron chi connectivity index (χ2n) is 6.95. The molecule has 7 heteroatoms. The van der Waals surface area contributed by atoms with Crippen LogP contribution in [0.15, 0.2) is 102 Å². The number of nitrogens with one attached hydrogen (secondary N) is 3. The Morgan fingerprint density at radius 3 is 2.09 bits per heavy atom. The topological polar surface area (TPSA) is 82.2 Å². The fraction of sp³-hybridized carbons (Fsp3) is 0.143. The van der Waals surface area contributed by atoms with Gasteiger partial charge < -0.3 is 17.7 Å². The number of anilines is 1. The first-order valence-corrected chi connectivity index (χ1v) is 11.1. The van der Waals surface area contributed by atoms with Crippen molar-refractivity contribution in [1.82, 2.24) is 15.3 Å². The summed E-state index contributed by atoms with van der Waals surface area (Å²) in [6.45, 7) is 4.50. The van der Waals surface area contributed by atoms with E-state index in [4.69, 9.17) is 0 Å². The average molecular weight is 544 g/mol. The summed E-state index contributed by atoms with van der Waals surface area (Å²) in [5.41, 5.74) is 4.68. The van der Waals surface area contributed by atoms with Crippen molar-refractivity contribution in [2.45, 2.75) is 20.3 Å². The maximum Gasteiger partial charge on any atom is 0.257 e. The fourth-order valence-corrected chi connectivity index (χ4v) is 3.10. The molecule has 0 fully saturated rings. The smallest absolute Gasteiger partial charge is 0.257 e. The van der Waals surface area contributed by atoms with Crippen molar-refractivity contribution in [2.24, 2.45) is 4.99 Å². The second kappa shape index (κ2) is 16.5. The van der Waals surface area contributed by atoms with Gasteiger partial charge in [-0.3, -0.25) is 15.1 Å². The number of nitrogens with zero attached hydrogens (tertiary/aromatic N) is 2. The molecule has 0 aliphatic carbocycles. The van der Waals surface area contributed by atoms with E-state index in [1.807, 2.05) is 74.5 Å². The Hall–Kier alpha value is -3.09. The summed E-state index contributed by atoms with van der Waals surface area (Å²) < 4.78 is 0. The van der Waals surface area contributed by atoms with Crippen molar-refractivity contribution >= 4 is 17.6 Å². The van der Waals surface area contributed by atoms with Gasteiger partial charge in [0.05, 0.1) is 6.33 Å². The molecule has 0 saturated heterocycles. The normalized spacial score (nSPS) is 10.1. The average Bonchev–Trinajstić information content (AvgIpc) is 3.40. The summed E-state index contributed by atoms with van der Waals surface area (Å²) in [5, 5.41) is 6.11. The molecule has 0 atom stereocenters. The zero-order valence-corrected chi connectivity index (χ0v) is 23.4. The van der Waals surface area contributed by atoms with Gasteiger partial charge in [0.15, 0.2) is 0 Å². The van der Waals surface area contributed by atoms with E-state index in [-0.39, 0.29) is 46.0 Å². The molecule has 0 spiro atoms. The maximum atomic E-state index is 12.6. The minimum atomic E-state index is -0.214. The Bertz CT molecular complexity index is 1130. The first-order chi connectivity index (χ1) is 16.3. The van der Waals surface area contributed by atoms with Crippen molar-refractivity contribution in [3.05, 3.63) is 116 Å². The van der Waals surface area contributed by atoms with Gasteiger partial charge in [-0.05, 0) is 35.4 Å². The van der Waals surface area contributed by atoms with Gasteiger partial charge in [-0.1, -0.05) is 74.5 Å². The minimum absolute atomic E-state index is 0. The number of H-pyrrole nitrogens is 1. The number of aliphatic imine (C=N–C) groups is 1. The van der Waals surface area contributed by atoms with Crippen LogP contribution in [0.3, 0.4) is 0 Å². The van der Waals surface area contributed by atoms with Crippen LogP contribution in [0.1, 0.15) is 29.9 Å². The van der Waals surface area contributed by atoms with Crippen molar-refractivity contribution in [1.29, 1.82) is 0 Å². The van der Waals surface area contributed by atoms with Crippen LogP contribution < -0.4 is 10.6 Å². The SMILES string of the molecule is CC.O=C(NC(=NCCc1cnc[nH]1)Nc1ccc(-c2ccccc2)cc1)c1ccccc1.[CH3-].[Y]. The molecule has 0 aliphatic rings. The van der Waals surface area contributed by atoms with Crippen LogP contribution in [0.25, 0.3) is 11.1 Å². The molecule has 179 valence electrons. The van der Waals surface area contributed by atoms with E-state index in [2.05, 4.69) is 37.7 Å². The predicted molar refractivity (Wildman–Crippen MR) is 142 cm³/mol. The van der Waals surface area contributed by atoms with Crippen molar-refractivity contribution < 1.29 is 37.5 Å². The molecule has 0 aliphatic heterocycles. The Morgan fingerprint density at radius 1 is 0.886 bits per heavy atom. The van der Waals surface area contributed by atoms with E-state index < -0.39 is 0 Å². The van der Waals surface area contributed by atoms with E-state index in [1.165, 1.54) is 0 Å².